The van der Waals surface area contributed by atoms with Gasteiger partial charge in [-0.3, -0.25) is 0 Å². The summed E-state index contributed by atoms with van der Waals surface area (Å²) in [6.45, 7) is 7.74. The van der Waals surface area contributed by atoms with Gasteiger partial charge in [-0.15, -0.1) is 0 Å². The number of carbonyl (C=O) groups is 1. The topological polar surface area (TPSA) is 55.6 Å². The van der Waals surface area contributed by atoms with E-state index >= 15 is 0 Å². The molecule has 0 fully saturated rings. The van der Waals surface area contributed by atoms with Crippen LogP contribution in [0.5, 0.6) is 0 Å². The number of hydrogen-bond acceptors (Lipinski definition) is 3. The molecule has 2 N–H and O–H groups in total. The van der Waals surface area contributed by atoms with Crippen LogP contribution in [0.2, 0.25) is 0 Å². The Hall–Kier alpha value is -1.30. The van der Waals surface area contributed by atoms with E-state index in [0.29, 0.717) is 30.6 Å². The van der Waals surface area contributed by atoms with Crippen molar-refractivity contribution in [2.45, 2.75) is 46.1 Å². The van der Waals surface area contributed by atoms with Gasteiger partial charge >= 0.3 is 6.09 Å². The van der Waals surface area contributed by atoms with Gasteiger partial charge in [-0.25, -0.2) is 9.18 Å². The minimum atomic E-state index is -0.512. The number of halogens is 2. The minimum absolute atomic E-state index is 0.309. The third kappa shape index (κ3) is 5.16. The van der Waals surface area contributed by atoms with Gasteiger partial charge in [0, 0.05) is 23.8 Å². The first-order chi connectivity index (χ1) is 10.0. The lowest BCUT2D eigenvalue weighted by Crippen LogP contribution is -2.34. The Bertz CT molecular complexity index is 530. The maximum Gasteiger partial charge on any atom is 0.410 e. The molecule has 0 unspecified atom stereocenters. The average Bonchev–Trinajstić information content (AvgIpc) is 2.38. The van der Waals surface area contributed by atoms with Gasteiger partial charge in [-0.2, -0.15) is 0 Å². The zero-order valence-electron chi connectivity index (χ0n) is 13.8. The molecule has 0 aromatic heterocycles. The van der Waals surface area contributed by atoms with Crippen LogP contribution in [-0.2, 0) is 11.2 Å². The number of rotatable bonds is 4. The first-order valence-corrected chi connectivity index (χ1v) is 7.99. The first kappa shape index (κ1) is 18.7. The van der Waals surface area contributed by atoms with E-state index in [1.54, 1.807) is 14.0 Å². The largest absolute Gasteiger partial charge is 0.444 e. The molecule has 6 heteroatoms. The number of hydrogen-bond donors (Lipinski definition) is 1. The number of ether oxygens (including phenoxy) is 1. The molecule has 0 radical (unpaired) electrons. The number of benzene rings is 1. The summed E-state index contributed by atoms with van der Waals surface area (Å²) in [6, 6.07) is 1.32. The third-order valence-corrected chi connectivity index (χ3v) is 4.17. The second kappa shape index (κ2) is 7.31. The minimum Gasteiger partial charge on any atom is -0.444 e. The molecule has 0 heterocycles. The molecule has 1 rings (SSSR count). The van der Waals surface area contributed by atoms with Crippen molar-refractivity contribution in [3.63, 3.8) is 0 Å². The predicted molar refractivity (Wildman–Crippen MR) is 90.4 cm³/mol. The number of anilines is 1. The smallest absolute Gasteiger partial charge is 0.410 e. The van der Waals surface area contributed by atoms with Gasteiger partial charge in [0.15, 0.2) is 0 Å². The highest BCUT2D eigenvalue weighted by Gasteiger charge is 2.19. The molecule has 0 saturated carbocycles. The van der Waals surface area contributed by atoms with Crippen LogP contribution in [-0.4, -0.2) is 30.2 Å². The van der Waals surface area contributed by atoms with Crippen molar-refractivity contribution in [2.24, 2.45) is 0 Å². The van der Waals surface area contributed by atoms with E-state index in [-0.39, 0.29) is 11.9 Å². The van der Waals surface area contributed by atoms with Crippen LogP contribution >= 0.6 is 15.9 Å². The molecule has 124 valence electrons. The number of nitrogens with zero attached hydrogens (tertiary/aromatic N) is 1. The second-order valence-corrected chi connectivity index (χ2v) is 7.16. The Labute approximate surface area is 139 Å². The lowest BCUT2D eigenvalue weighted by molar-refractivity contribution is 0.0297. The van der Waals surface area contributed by atoms with Crippen molar-refractivity contribution in [1.82, 2.24) is 4.90 Å². The molecule has 22 heavy (non-hydrogen) atoms. The Kier molecular flexibility index (Phi) is 6.23. The fraction of sp³-hybridized carbons (Fsp3) is 0.562. The van der Waals surface area contributed by atoms with Crippen LogP contribution in [0.3, 0.4) is 0 Å². The van der Waals surface area contributed by atoms with Gasteiger partial charge in [0.2, 0.25) is 0 Å². The molecule has 1 amide bonds. The first-order valence-electron chi connectivity index (χ1n) is 7.20. The van der Waals surface area contributed by atoms with E-state index in [0.717, 1.165) is 10.0 Å². The standard InChI is InChI=1S/C16H24BrFN2O2/c1-10-11(14(17)13(19)9-12(10)18)7-6-8-20(5)15(21)22-16(2,3)4/h9H,6-8,19H2,1-5H3. The summed E-state index contributed by atoms with van der Waals surface area (Å²) in [7, 11) is 1.69. The zero-order valence-corrected chi connectivity index (χ0v) is 15.4. The highest BCUT2D eigenvalue weighted by atomic mass is 79.9. The molecule has 0 spiro atoms. The fourth-order valence-electron chi connectivity index (χ4n) is 2.01. The van der Waals surface area contributed by atoms with Gasteiger partial charge in [0.1, 0.15) is 11.4 Å². The van der Waals surface area contributed by atoms with Gasteiger partial charge in [-0.05, 0) is 73.7 Å². The van der Waals surface area contributed by atoms with Crippen LogP contribution in [0, 0.1) is 12.7 Å². The summed E-state index contributed by atoms with van der Waals surface area (Å²) in [4.78, 5) is 13.4. The molecule has 1 aromatic rings. The maximum absolute atomic E-state index is 13.7. The van der Waals surface area contributed by atoms with Crippen molar-refractivity contribution >= 4 is 27.7 Å². The van der Waals surface area contributed by atoms with E-state index in [1.807, 2.05) is 20.8 Å². The number of nitrogens with two attached hydrogens (primary N) is 1. The van der Waals surface area contributed by atoms with Crippen LogP contribution in [0.25, 0.3) is 0 Å². The Morgan fingerprint density at radius 3 is 2.59 bits per heavy atom. The average molecular weight is 375 g/mol. The third-order valence-electron chi connectivity index (χ3n) is 3.24. The lowest BCUT2D eigenvalue weighted by Gasteiger charge is -2.24. The normalized spacial score (nSPS) is 11.4. The molecule has 0 aliphatic carbocycles. The van der Waals surface area contributed by atoms with Crippen LogP contribution in [0.1, 0.15) is 38.3 Å². The molecule has 1 aromatic carbocycles. The second-order valence-electron chi connectivity index (χ2n) is 6.37. The molecule has 0 atom stereocenters. The molecule has 0 saturated heterocycles. The maximum atomic E-state index is 13.7. The molecule has 4 nitrogen and oxygen atoms in total. The summed E-state index contributed by atoms with van der Waals surface area (Å²) in [5.41, 5.74) is 7.07. The molecule has 0 aliphatic rings. The van der Waals surface area contributed by atoms with Crippen LogP contribution in [0.4, 0.5) is 14.9 Å². The van der Waals surface area contributed by atoms with E-state index in [2.05, 4.69) is 15.9 Å². The number of amides is 1. The lowest BCUT2D eigenvalue weighted by atomic mass is 10.0. The van der Waals surface area contributed by atoms with Crippen molar-refractivity contribution in [1.29, 1.82) is 0 Å². The molecular weight excluding hydrogens is 351 g/mol. The molecule has 0 bridgehead atoms. The Balaban J connectivity index is 2.64. The highest BCUT2D eigenvalue weighted by molar-refractivity contribution is 9.10. The highest BCUT2D eigenvalue weighted by Crippen LogP contribution is 2.30. The Morgan fingerprint density at radius 2 is 2.05 bits per heavy atom. The van der Waals surface area contributed by atoms with E-state index in [9.17, 15) is 9.18 Å². The van der Waals surface area contributed by atoms with Gasteiger partial charge < -0.3 is 15.4 Å². The fourth-order valence-corrected chi connectivity index (χ4v) is 2.62. The summed E-state index contributed by atoms with van der Waals surface area (Å²) in [6.07, 6.45) is 0.960. The zero-order chi connectivity index (χ0) is 17.1. The van der Waals surface area contributed by atoms with Gasteiger partial charge in [-0.1, -0.05) is 0 Å². The van der Waals surface area contributed by atoms with E-state index < -0.39 is 5.60 Å². The van der Waals surface area contributed by atoms with Crippen molar-refractivity contribution in [2.75, 3.05) is 19.3 Å². The monoisotopic (exact) mass is 374 g/mol. The van der Waals surface area contributed by atoms with Crippen molar-refractivity contribution < 1.29 is 13.9 Å². The summed E-state index contributed by atoms with van der Waals surface area (Å²) in [5, 5.41) is 0. The molecule has 0 aliphatic heterocycles. The summed E-state index contributed by atoms with van der Waals surface area (Å²) in [5.74, 6) is -0.309. The number of nitrogen functional groups attached to an aromatic ring is 1. The van der Waals surface area contributed by atoms with Crippen LogP contribution in [0.15, 0.2) is 10.5 Å². The van der Waals surface area contributed by atoms with Gasteiger partial charge in [0.05, 0.1) is 0 Å². The van der Waals surface area contributed by atoms with Crippen LogP contribution < -0.4 is 5.73 Å². The Morgan fingerprint density at radius 1 is 1.45 bits per heavy atom. The number of carbonyl (C=O) groups excluding carboxylic acids is 1. The predicted octanol–water partition coefficient (Wildman–Crippen LogP) is 4.28. The van der Waals surface area contributed by atoms with E-state index in [1.165, 1.54) is 11.0 Å². The van der Waals surface area contributed by atoms with Crippen molar-refractivity contribution in [3.8, 4) is 0 Å². The molecular formula is C16H24BrFN2O2. The summed E-state index contributed by atoms with van der Waals surface area (Å²) < 4.78 is 19.7. The van der Waals surface area contributed by atoms with E-state index in [4.69, 9.17) is 10.5 Å². The SMILES string of the molecule is Cc1c(F)cc(N)c(Br)c1CCCN(C)C(=O)OC(C)(C)C. The van der Waals surface area contributed by atoms with Gasteiger partial charge in [0.25, 0.3) is 0 Å². The quantitative estimate of drug-likeness (QED) is 0.800. The van der Waals surface area contributed by atoms with Crippen molar-refractivity contribution in [3.05, 3.63) is 27.5 Å². The summed E-state index contributed by atoms with van der Waals surface area (Å²) >= 11 is 3.40.